The number of aryl methyl sites for hydroxylation is 1. The molecule has 2 heterocycles. The molecule has 0 spiro atoms. The lowest BCUT2D eigenvalue weighted by Crippen LogP contribution is -2.30. The monoisotopic (exact) mass is 268 g/mol. The summed E-state index contributed by atoms with van der Waals surface area (Å²) in [5.41, 5.74) is 0.887. The standard InChI is InChI=1S/C13H20N2O2S/c1-8(13(16)17)11-9(2)14-12(18-11)10-5-4-6-15(3)7-10/h8,10H,4-7H2,1-3H3,(H,16,17). The van der Waals surface area contributed by atoms with E-state index in [1.54, 1.807) is 18.3 Å². The van der Waals surface area contributed by atoms with Crippen LogP contribution >= 0.6 is 11.3 Å². The van der Waals surface area contributed by atoms with Crippen LogP contribution in [0, 0.1) is 6.92 Å². The number of carbonyl (C=O) groups is 1. The zero-order valence-corrected chi connectivity index (χ0v) is 12.0. The largest absolute Gasteiger partial charge is 0.481 e. The molecular weight excluding hydrogens is 248 g/mol. The topological polar surface area (TPSA) is 53.4 Å². The van der Waals surface area contributed by atoms with Crippen molar-refractivity contribution < 1.29 is 9.90 Å². The Hall–Kier alpha value is -0.940. The van der Waals surface area contributed by atoms with Gasteiger partial charge in [-0.2, -0.15) is 0 Å². The fraction of sp³-hybridized carbons (Fsp3) is 0.692. The highest BCUT2D eigenvalue weighted by atomic mass is 32.1. The second kappa shape index (κ2) is 5.36. The predicted octanol–water partition coefficient (Wildman–Crippen LogP) is 2.45. The third-order valence-electron chi connectivity index (χ3n) is 3.59. The Morgan fingerprint density at radius 2 is 2.33 bits per heavy atom. The van der Waals surface area contributed by atoms with Gasteiger partial charge >= 0.3 is 5.97 Å². The second-order valence-electron chi connectivity index (χ2n) is 5.16. The summed E-state index contributed by atoms with van der Waals surface area (Å²) in [5, 5.41) is 10.2. The molecule has 0 amide bonds. The highest BCUT2D eigenvalue weighted by Gasteiger charge is 2.26. The minimum atomic E-state index is -0.769. The van der Waals surface area contributed by atoms with E-state index in [0.717, 1.165) is 35.1 Å². The van der Waals surface area contributed by atoms with E-state index < -0.39 is 11.9 Å². The molecule has 1 aromatic heterocycles. The van der Waals surface area contributed by atoms with Crippen LogP contribution in [0.25, 0.3) is 0 Å². The molecule has 1 aliphatic rings. The van der Waals surface area contributed by atoms with Crippen LogP contribution in [0.4, 0.5) is 0 Å². The molecule has 1 N–H and O–H groups in total. The number of likely N-dealkylation sites (tertiary alicyclic amines) is 1. The Labute approximate surface area is 112 Å². The van der Waals surface area contributed by atoms with Crippen molar-refractivity contribution in [2.75, 3.05) is 20.1 Å². The number of rotatable bonds is 3. The maximum Gasteiger partial charge on any atom is 0.311 e. The summed E-state index contributed by atoms with van der Waals surface area (Å²) in [6, 6.07) is 0. The van der Waals surface area contributed by atoms with Crippen molar-refractivity contribution in [1.29, 1.82) is 0 Å². The molecular formula is C13H20N2O2S. The minimum absolute atomic E-state index is 0.447. The lowest BCUT2D eigenvalue weighted by Gasteiger charge is -2.28. The van der Waals surface area contributed by atoms with Gasteiger partial charge in [-0.3, -0.25) is 4.79 Å². The molecule has 5 heteroatoms. The van der Waals surface area contributed by atoms with Crippen molar-refractivity contribution in [2.24, 2.45) is 0 Å². The normalized spacial score (nSPS) is 22.9. The van der Waals surface area contributed by atoms with E-state index in [0.29, 0.717) is 5.92 Å². The van der Waals surface area contributed by atoms with Gasteiger partial charge in [-0.25, -0.2) is 4.98 Å². The number of thiazole rings is 1. The van der Waals surface area contributed by atoms with Crippen molar-refractivity contribution in [3.63, 3.8) is 0 Å². The SMILES string of the molecule is Cc1nc(C2CCCN(C)C2)sc1C(C)C(=O)O. The summed E-state index contributed by atoms with van der Waals surface area (Å²) in [6.45, 7) is 5.84. The Morgan fingerprint density at radius 3 is 2.94 bits per heavy atom. The average molecular weight is 268 g/mol. The van der Waals surface area contributed by atoms with Gasteiger partial charge in [0.15, 0.2) is 0 Å². The third-order valence-corrected chi connectivity index (χ3v) is 5.09. The Bertz CT molecular complexity index is 444. The number of carboxylic acids is 1. The molecule has 1 aliphatic heterocycles. The molecule has 2 rings (SSSR count). The summed E-state index contributed by atoms with van der Waals surface area (Å²) in [6.07, 6.45) is 2.36. The van der Waals surface area contributed by atoms with Crippen LogP contribution < -0.4 is 0 Å². The first-order valence-corrected chi connectivity index (χ1v) is 7.19. The van der Waals surface area contributed by atoms with Crippen LogP contribution in [0.5, 0.6) is 0 Å². The van der Waals surface area contributed by atoms with E-state index in [1.807, 2.05) is 6.92 Å². The van der Waals surface area contributed by atoms with Gasteiger partial charge < -0.3 is 10.0 Å². The highest BCUT2D eigenvalue weighted by molar-refractivity contribution is 7.12. The van der Waals surface area contributed by atoms with Gasteiger partial charge in [0.2, 0.25) is 0 Å². The molecule has 0 aromatic carbocycles. The molecule has 4 nitrogen and oxygen atoms in total. The van der Waals surface area contributed by atoms with E-state index >= 15 is 0 Å². The maximum absolute atomic E-state index is 11.1. The number of hydrogen-bond acceptors (Lipinski definition) is 4. The third kappa shape index (κ3) is 2.72. The van der Waals surface area contributed by atoms with E-state index in [2.05, 4.69) is 16.9 Å². The van der Waals surface area contributed by atoms with Crippen LogP contribution in [-0.4, -0.2) is 41.1 Å². The van der Waals surface area contributed by atoms with Crippen molar-refractivity contribution in [3.05, 3.63) is 15.6 Å². The lowest BCUT2D eigenvalue weighted by atomic mass is 9.99. The zero-order chi connectivity index (χ0) is 13.3. The first-order chi connectivity index (χ1) is 8.49. The quantitative estimate of drug-likeness (QED) is 0.915. The number of carboxylic acid groups (broad SMARTS) is 1. The van der Waals surface area contributed by atoms with Crippen molar-refractivity contribution >= 4 is 17.3 Å². The summed E-state index contributed by atoms with van der Waals surface area (Å²) < 4.78 is 0. The molecule has 0 bridgehead atoms. The summed E-state index contributed by atoms with van der Waals surface area (Å²) >= 11 is 1.59. The molecule has 2 unspecified atom stereocenters. The molecule has 0 aliphatic carbocycles. The molecule has 1 fully saturated rings. The van der Waals surface area contributed by atoms with Gasteiger partial charge in [-0.05, 0) is 40.3 Å². The fourth-order valence-electron chi connectivity index (χ4n) is 2.49. The Morgan fingerprint density at radius 1 is 1.61 bits per heavy atom. The molecule has 1 aromatic rings. The summed E-state index contributed by atoms with van der Waals surface area (Å²) in [4.78, 5) is 18.9. The van der Waals surface area contributed by atoms with Gasteiger partial charge in [0.25, 0.3) is 0 Å². The zero-order valence-electron chi connectivity index (χ0n) is 11.1. The Kier molecular flexibility index (Phi) is 4.02. The van der Waals surface area contributed by atoms with Gasteiger partial charge in [-0.15, -0.1) is 11.3 Å². The molecule has 18 heavy (non-hydrogen) atoms. The van der Waals surface area contributed by atoms with Crippen LogP contribution in [0.15, 0.2) is 0 Å². The van der Waals surface area contributed by atoms with Crippen molar-refractivity contribution in [1.82, 2.24) is 9.88 Å². The van der Waals surface area contributed by atoms with Gasteiger partial charge in [0.1, 0.15) is 0 Å². The first kappa shape index (κ1) is 13.5. The predicted molar refractivity (Wildman–Crippen MR) is 72.4 cm³/mol. The fourth-order valence-corrected chi connectivity index (χ4v) is 3.72. The highest BCUT2D eigenvalue weighted by Crippen LogP contribution is 2.34. The number of likely N-dealkylation sites (N-methyl/N-ethyl adjacent to an activating group) is 1. The van der Waals surface area contributed by atoms with Gasteiger partial charge in [0.05, 0.1) is 16.6 Å². The number of aliphatic carboxylic acids is 1. The molecule has 0 saturated carbocycles. The smallest absolute Gasteiger partial charge is 0.311 e. The molecule has 2 atom stereocenters. The van der Waals surface area contributed by atoms with Gasteiger partial charge in [0, 0.05) is 17.3 Å². The molecule has 0 radical (unpaired) electrons. The van der Waals surface area contributed by atoms with E-state index in [1.165, 1.54) is 6.42 Å². The second-order valence-corrected chi connectivity index (χ2v) is 6.23. The molecule has 100 valence electrons. The van der Waals surface area contributed by atoms with E-state index in [9.17, 15) is 4.79 Å². The van der Waals surface area contributed by atoms with Crippen molar-refractivity contribution in [3.8, 4) is 0 Å². The van der Waals surface area contributed by atoms with E-state index in [4.69, 9.17) is 5.11 Å². The van der Waals surface area contributed by atoms with Crippen LogP contribution in [0.2, 0.25) is 0 Å². The van der Waals surface area contributed by atoms with Crippen LogP contribution in [0.1, 0.15) is 47.2 Å². The summed E-state index contributed by atoms with van der Waals surface area (Å²) in [7, 11) is 2.13. The molecule has 1 saturated heterocycles. The summed E-state index contributed by atoms with van der Waals surface area (Å²) in [5.74, 6) is -0.742. The minimum Gasteiger partial charge on any atom is -0.481 e. The first-order valence-electron chi connectivity index (χ1n) is 6.37. The average Bonchev–Trinajstić information content (AvgIpc) is 2.70. The number of piperidine rings is 1. The van der Waals surface area contributed by atoms with Gasteiger partial charge in [-0.1, -0.05) is 0 Å². The Balaban J connectivity index is 2.20. The lowest BCUT2D eigenvalue weighted by molar-refractivity contribution is -0.138. The maximum atomic E-state index is 11.1. The van der Waals surface area contributed by atoms with Crippen LogP contribution in [0.3, 0.4) is 0 Å². The van der Waals surface area contributed by atoms with E-state index in [-0.39, 0.29) is 0 Å². The number of nitrogens with zero attached hydrogens (tertiary/aromatic N) is 2. The number of aromatic nitrogens is 1. The number of hydrogen-bond donors (Lipinski definition) is 1. The van der Waals surface area contributed by atoms with Crippen LogP contribution in [-0.2, 0) is 4.79 Å². The van der Waals surface area contributed by atoms with Crippen molar-refractivity contribution in [2.45, 2.75) is 38.5 Å².